The van der Waals surface area contributed by atoms with E-state index in [9.17, 15) is 27.5 Å². The van der Waals surface area contributed by atoms with Gasteiger partial charge in [-0.05, 0) is 35.2 Å². The molecular weight excluding hydrogens is 528 g/mol. The van der Waals surface area contributed by atoms with E-state index < -0.39 is 36.0 Å². The number of carbonyl (C=O) groups is 1. The van der Waals surface area contributed by atoms with Gasteiger partial charge >= 0.3 is 12.1 Å². The first-order valence-electron chi connectivity index (χ1n) is 12.3. The Morgan fingerprint density at radius 1 is 0.925 bits per heavy atom. The molecule has 0 aliphatic carbocycles. The molecule has 0 bridgehead atoms. The number of hydrogen-bond acceptors (Lipinski definition) is 6. The van der Waals surface area contributed by atoms with Crippen LogP contribution in [0.1, 0.15) is 36.5 Å². The minimum Gasteiger partial charge on any atom is -0.480 e. The SMILES string of the molecule is CCC(c1ccc(-c2cc(OC(c3ccc(-c4cccc(F)c4)cc3)C(F)(F)F)nc(N)n2)cc1)[C@H](N)C(=O)O. The molecule has 7 nitrogen and oxygen atoms in total. The minimum absolute atomic E-state index is 0.184. The molecule has 1 aromatic heterocycles. The van der Waals surface area contributed by atoms with Gasteiger partial charge in [-0.15, -0.1) is 0 Å². The summed E-state index contributed by atoms with van der Waals surface area (Å²) in [6, 6.07) is 17.9. The monoisotopic (exact) mass is 554 g/mol. The second kappa shape index (κ2) is 11.7. The summed E-state index contributed by atoms with van der Waals surface area (Å²) in [4.78, 5) is 19.3. The lowest BCUT2D eigenvalue weighted by Crippen LogP contribution is -2.36. The van der Waals surface area contributed by atoms with Crippen molar-refractivity contribution in [2.45, 2.75) is 37.6 Å². The standard InChI is InChI=1S/C29H26F4N4O3/c1-2-22(25(34)27(38)39)17-8-10-18(11-9-17)23-15-24(37-28(35)36-23)40-26(29(31,32)33)19-12-6-16(7-13-19)20-4-3-5-21(30)14-20/h3-15,22,25-26H,2,34H2,1H3,(H,38,39)(H2,35,36,37)/t22?,25-,26?/m0/s1. The zero-order valence-electron chi connectivity index (χ0n) is 21.3. The molecule has 0 aliphatic rings. The number of rotatable bonds is 9. The van der Waals surface area contributed by atoms with Crippen LogP contribution in [0.15, 0.2) is 78.9 Å². The number of nitrogen functional groups attached to an aromatic ring is 1. The van der Waals surface area contributed by atoms with Crippen molar-refractivity contribution >= 4 is 11.9 Å². The quantitative estimate of drug-likeness (QED) is 0.213. The third kappa shape index (κ3) is 6.55. The van der Waals surface area contributed by atoms with Gasteiger partial charge in [0.2, 0.25) is 17.9 Å². The van der Waals surface area contributed by atoms with Crippen molar-refractivity contribution in [2.24, 2.45) is 5.73 Å². The van der Waals surface area contributed by atoms with Crippen molar-refractivity contribution in [3.63, 3.8) is 0 Å². The van der Waals surface area contributed by atoms with Gasteiger partial charge in [0.1, 0.15) is 11.9 Å². The van der Waals surface area contributed by atoms with Crippen LogP contribution in [0.2, 0.25) is 0 Å². The molecule has 0 radical (unpaired) electrons. The summed E-state index contributed by atoms with van der Waals surface area (Å²) >= 11 is 0. The molecule has 0 amide bonds. The highest BCUT2D eigenvalue weighted by molar-refractivity contribution is 5.75. The number of hydrogen-bond donors (Lipinski definition) is 3. The number of alkyl halides is 3. The van der Waals surface area contributed by atoms with Crippen molar-refractivity contribution in [2.75, 3.05) is 5.73 Å². The van der Waals surface area contributed by atoms with E-state index in [1.165, 1.54) is 48.5 Å². The molecule has 3 aromatic carbocycles. The largest absolute Gasteiger partial charge is 0.480 e. The van der Waals surface area contributed by atoms with Gasteiger partial charge < -0.3 is 21.3 Å². The van der Waals surface area contributed by atoms with Gasteiger partial charge in [-0.2, -0.15) is 18.2 Å². The third-order valence-electron chi connectivity index (χ3n) is 6.42. The zero-order chi connectivity index (χ0) is 29.0. The van der Waals surface area contributed by atoms with Crippen LogP contribution in [-0.2, 0) is 4.79 Å². The maximum Gasteiger partial charge on any atom is 0.429 e. The molecule has 0 aliphatic heterocycles. The summed E-state index contributed by atoms with van der Waals surface area (Å²) in [5.41, 5.74) is 13.9. The summed E-state index contributed by atoms with van der Waals surface area (Å²) in [6.07, 6.45) is -6.66. The number of aliphatic carboxylic acids is 1. The average Bonchev–Trinajstić information content (AvgIpc) is 2.91. The van der Waals surface area contributed by atoms with E-state index in [1.807, 2.05) is 6.92 Å². The van der Waals surface area contributed by atoms with Crippen molar-refractivity contribution in [3.8, 4) is 28.3 Å². The number of aromatic nitrogens is 2. The van der Waals surface area contributed by atoms with E-state index in [2.05, 4.69) is 9.97 Å². The van der Waals surface area contributed by atoms with Crippen LogP contribution in [0.4, 0.5) is 23.5 Å². The highest BCUT2D eigenvalue weighted by atomic mass is 19.4. The van der Waals surface area contributed by atoms with Gasteiger partial charge in [0.15, 0.2) is 0 Å². The molecule has 0 fully saturated rings. The minimum atomic E-state index is -4.79. The predicted octanol–water partition coefficient (Wildman–Crippen LogP) is 6.12. The van der Waals surface area contributed by atoms with E-state index in [-0.39, 0.29) is 23.1 Å². The fourth-order valence-electron chi connectivity index (χ4n) is 4.38. The lowest BCUT2D eigenvalue weighted by Gasteiger charge is -2.22. The van der Waals surface area contributed by atoms with Crippen LogP contribution in [0.5, 0.6) is 5.88 Å². The van der Waals surface area contributed by atoms with Gasteiger partial charge in [-0.3, -0.25) is 4.79 Å². The fourth-order valence-corrected chi connectivity index (χ4v) is 4.38. The normalized spacial score (nSPS) is 13.8. The Bertz CT molecular complexity index is 1480. The number of carboxylic acids is 1. The third-order valence-corrected chi connectivity index (χ3v) is 6.42. The molecule has 40 heavy (non-hydrogen) atoms. The van der Waals surface area contributed by atoms with Gasteiger partial charge in [0.05, 0.1) is 5.69 Å². The lowest BCUT2D eigenvalue weighted by molar-refractivity contribution is -0.198. The average molecular weight is 555 g/mol. The van der Waals surface area contributed by atoms with Crippen molar-refractivity contribution in [1.29, 1.82) is 0 Å². The highest BCUT2D eigenvalue weighted by Crippen LogP contribution is 2.38. The number of nitrogens with zero attached hydrogens (tertiary/aromatic N) is 2. The Kier molecular flexibility index (Phi) is 8.34. The lowest BCUT2D eigenvalue weighted by atomic mass is 9.89. The highest BCUT2D eigenvalue weighted by Gasteiger charge is 2.43. The van der Waals surface area contributed by atoms with Crippen molar-refractivity contribution in [1.82, 2.24) is 9.97 Å². The Morgan fingerprint density at radius 2 is 1.55 bits per heavy atom. The molecule has 4 aromatic rings. The van der Waals surface area contributed by atoms with Crippen LogP contribution in [0.25, 0.3) is 22.4 Å². The first-order valence-corrected chi connectivity index (χ1v) is 12.3. The molecular formula is C29H26F4N4O3. The summed E-state index contributed by atoms with van der Waals surface area (Å²) in [7, 11) is 0. The predicted molar refractivity (Wildman–Crippen MR) is 142 cm³/mol. The summed E-state index contributed by atoms with van der Waals surface area (Å²) in [5, 5.41) is 9.26. The number of halogens is 4. The molecule has 5 N–H and O–H groups in total. The number of benzene rings is 3. The molecule has 11 heteroatoms. The van der Waals surface area contributed by atoms with E-state index >= 15 is 0 Å². The first-order chi connectivity index (χ1) is 19.0. The van der Waals surface area contributed by atoms with E-state index in [4.69, 9.17) is 16.2 Å². The molecule has 208 valence electrons. The second-order valence-electron chi connectivity index (χ2n) is 9.12. The molecule has 1 heterocycles. The Balaban J connectivity index is 1.60. The summed E-state index contributed by atoms with van der Waals surface area (Å²) < 4.78 is 61.1. The van der Waals surface area contributed by atoms with Gasteiger partial charge in [-0.25, -0.2) is 9.37 Å². The number of ether oxygens (including phenoxy) is 1. The Labute approximate surface area is 227 Å². The maximum atomic E-state index is 14.1. The molecule has 3 atom stereocenters. The molecule has 0 saturated carbocycles. The number of carboxylic acid groups (broad SMARTS) is 1. The Hall–Kier alpha value is -4.51. The van der Waals surface area contributed by atoms with Gasteiger partial charge in [0.25, 0.3) is 0 Å². The number of anilines is 1. The van der Waals surface area contributed by atoms with Crippen LogP contribution in [-0.4, -0.2) is 33.3 Å². The van der Waals surface area contributed by atoms with Crippen LogP contribution >= 0.6 is 0 Å². The second-order valence-corrected chi connectivity index (χ2v) is 9.12. The molecule has 0 saturated heterocycles. The maximum absolute atomic E-state index is 14.1. The molecule has 4 rings (SSSR count). The van der Waals surface area contributed by atoms with Crippen molar-refractivity contribution < 1.29 is 32.2 Å². The van der Waals surface area contributed by atoms with Crippen LogP contribution < -0.4 is 16.2 Å². The van der Waals surface area contributed by atoms with Crippen molar-refractivity contribution in [3.05, 3.63) is 95.8 Å². The Morgan fingerprint density at radius 3 is 2.12 bits per heavy atom. The van der Waals surface area contributed by atoms with Crippen LogP contribution in [0, 0.1) is 5.82 Å². The smallest absolute Gasteiger partial charge is 0.429 e. The summed E-state index contributed by atoms with van der Waals surface area (Å²) in [6.45, 7) is 1.82. The van der Waals surface area contributed by atoms with E-state index in [0.717, 1.165) is 0 Å². The summed E-state index contributed by atoms with van der Waals surface area (Å²) in [5.74, 6) is -2.69. The molecule has 2 unspecified atom stereocenters. The van der Waals surface area contributed by atoms with Gasteiger partial charge in [0, 0.05) is 23.1 Å². The van der Waals surface area contributed by atoms with E-state index in [0.29, 0.717) is 28.7 Å². The number of nitrogens with two attached hydrogens (primary N) is 2. The zero-order valence-corrected chi connectivity index (χ0v) is 21.3. The topological polar surface area (TPSA) is 124 Å². The fraction of sp³-hybridized carbons (Fsp3) is 0.207. The molecule has 0 spiro atoms. The van der Waals surface area contributed by atoms with Crippen LogP contribution in [0.3, 0.4) is 0 Å². The van der Waals surface area contributed by atoms with Gasteiger partial charge in [-0.1, -0.05) is 67.6 Å². The van der Waals surface area contributed by atoms with E-state index in [1.54, 1.807) is 30.3 Å². The first kappa shape index (κ1) is 28.5.